The maximum atomic E-state index is 13.9. The van der Waals surface area contributed by atoms with Crippen LogP contribution < -0.4 is 5.73 Å². The first-order valence-electron chi connectivity index (χ1n) is 11.8. The number of ether oxygens (including phenoxy) is 3. The Morgan fingerprint density at radius 1 is 1.11 bits per heavy atom. The lowest BCUT2D eigenvalue weighted by molar-refractivity contribution is -0.176. The highest BCUT2D eigenvalue weighted by molar-refractivity contribution is 6.42. The molecule has 0 spiro atoms. The molecule has 0 saturated carbocycles. The van der Waals surface area contributed by atoms with Gasteiger partial charge in [-0.3, -0.25) is 0 Å². The SMILES string of the molecule is CCOC(OCC(C)OC(c1nc(C)nn1-c1cc(Cl)c(Cl)cc1C(F)(F)F)[C@@H](O)CN)c1ccccc1. The summed E-state index contributed by atoms with van der Waals surface area (Å²) >= 11 is 11.9. The topological polar surface area (TPSA) is 105 Å². The second kappa shape index (κ2) is 13.2. The standard InChI is InChI=1S/C25H29Cl2F3N4O4/c1-4-36-24(16-8-6-5-7-9-16)37-13-14(2)38-22(21(35)12-31)23-32-15(3)33-34(23)20-11-19(27)18(26)10-17(20)25(28,29)30/h5-11,14,21-22,24,35H,4,12-13,31H2,1-3H3/t14?,21-,22?,24?/m0/s1. The van der Waals surface area contributed by atoms with Gasteiger partial charge in [-0.25, -0.2) is 9.67 Å². The molecule has 1 aromatic heterocycles. The van der Waals surface area contributed by atoms with Gasteiger partial charge in [-0.15, -0.1) is 0 Å². The molecule has 0 fully saturated rings. The molecule has 38 heavy (non-hydrogen) atoms. The highest BCUT2D eigenvalue weighted by Crippen LogP contribution is 2.39. The van der Waals surface area contributed by atoms with Crippen LogP contribution in [0.5, 0.6) is 0 Å². The molecule has 3 rings (SSSR count). The van der Waals surface area contributed by atoms with Crippen LogP contribution in [-0.2, 0) is 20.4 Å². The minimum atomic E-state index is -4.78. The average molecular weight is 577 g/mol. The van der Waals surface area contributed by atoms with Gasteiger partial charge in [0.05, 0.1) is 40.1 Å². The summed E-state index contributed by atoms with van der Waals surface area (Å²) in [6.07, 6.45) is -8.68. The molecule has 0 saturated heterocycles. The predicted octanol–water partition coefficient (Wildman–Crippen LogP) is 5.42. The predicted molar refractivity (Wildman–Crippen MR) is 136 cm³/mol. The normalized spacial score (nSPS) is 15.3. The summed E-state index contributed by atoms with van der Waals surface area (Å²) in [6, 6.07) is 11.0. The number of alkyl halides is 3. The molecule has 3 aromatic rings. The largest absolute Gasteiger partial charge is 0.418 e. The first-order valence-corrected chi connectivity index (χ1v) is 12.5. The molecule has 0 bridgehead atoms. The van der Waals surface area contributed by atoms with E-state index in [0.717, 1.165) is 16.3 Å². The third-order valence-corrected chi connectivity index (χ3v) is 6.13. The number of aromatic nitrogens is 3. The smallest absolute Gasteiger partial charge is 0.389 e. The molecule has 3 unspecified atom stereocenters. The third kappa shape index (κ3) is 7.44. The lowest BCUT2D eigenvalue weighted by Crippen LogP contribution is -2.34. The number of halogens is 5. The van der Waals surface area contributed by atoms with E-state index in [-0.39, 0.29) is 34.8 Å². The van der Waals surface area contributed by atoms with E-state index in [1.54, 1.807) is 6.92 Å². The van der Waals surface area contributed by atoms with Crippen molar-refractivity contribution in [3.8, 4) is 5.69 Å². The van der Waals surface area contributed by atoms with Crippen LogP contribution >= 0.6 is 23.2 Å². The van der Waals surface area contributed by atoms with Gasteiger partial charge in [0.2, 0.25) is 0 Å². The van der Waals surface area contributed by atoms with E-state index in [9.17, 15) is 18.3 Å². The van der Waals surface area contributed by atoms with E-state index in [2.05, 4.69) is 10.1 Å². The van der Waals surface area contributed by atoms with Gasteiger partial charge < -0.3 is 25.1 Å². The molecule has 0 aliphatic heterocycles. The molecule has 13 heteroatoms. The summed E-state index contributed by atoms with van der Waals surface area (Å²) in [5.41, 5.74) is 4.99. The molecule has 8 nitrogen and oxygen atoms in total. The number of rotatable bonds is 12. The van der Waals surface area contributed by atoms with Crippen LogP contribution in [0.4, 0.5) is 13.2 Å². The average Bonchev–Trinajstić information content (AvgIpc) is 3.26. The second-order valence-electron chi connectivity index (χ2n) is 8.41. The van der Waals surface area contributed by atoms with Gasteiger partial charge in [-0.05, 0) is 32.9 Å². The van der Waals surface area contributed by atoms with Crippen molar-refractivity contribution < 1.29 is 32.5 Å². The lowest BCUT2D eigenvalue weighted by atomic mass is 10.1. The van der Waals surface area contributed by atoms with Crippen molar-refractivity contribution in [3.05, 3.63) is 75.3 Å². The Labute approximate surface area is 228 Å². The van der Waals surface area contributed by atoms with Crippen LogP contribution in [0.3, 0.4) is 0 Å². The minimum Gasteiger partial charge on any atom is -0.389 e. The number of nitrogens with two attached hydrogens (primary N) is 1. The van der Waals surface area contributed by atoms with E-state index >= 15 is 0 Å². The molecule has 4 atom stereocenters. The van der Waals surface area contributed by atoms with E-state index in [1.165, 1.54) is 6.92 Å². The maximum Gasteiger partial charge on any atom is 0.418 e. The molecule has 0 aliphatic carbocycles. The maximum absolute atomic E-state index is 13.9. The van der Waals surface area contributed by atoms with Crippen LogP contribution in [0.2, 0.25) is 10.0 Å². The highest BCUT2D eigenvalue weighted by atomic mass is 35.5. The number of hydrogen-bond donors (Lipinski definition) is 2. The Hall–Kier alpha value is -2.25. The van der Waals surface area contributed by atoms with E-state index < -0.39 is 42.0 Å². The minimum absolute atomic E-state index is 0.0288. The van der Waals surface area contributed by atoms with E-state index in [0.29, 0.717) is 12.7 Å². The summed E-state index contributed by atoms with van der Waals surface area (Å²) in [6.45, 7) is 5.18. The van der Waals surface area contributed by atoms with E-state index in [1.807, 2.05) is 37.3 Å². The number of aliphatic hydroxyl groups excluding tert-OH is 1. The van der Waals surface area contributed by atoms with Crippen molar-refractivity contribution in [2.75, 3.05) is 19.8 Å². The zero-order chi connectivity index (χ0) is 28.0. The monoisotopic (exact) mass is 576 g/mol. The number of aryl methyl sites for hydroxylation is 1. The summed E-state index contributed by atoms with van der Waals surface area (Å²) in [4.78, 5) is 4.26. The molecule has 0 aliphatic rings. The highest BCUT2D eigenvalue weighted by Gasteiger charge is 2.37. The Morgan fingerprint density at radius 3 is 2.37 bits per heavy atom. The van der Waals surface area contributed by atoms with Gasteiger partial charge in [0.15, 0.2) is 12.1 Å². The summed E-state index contributed by atoms with van der Waals surface area (Å²) in [5, 5.41) is 14.4. The van der Waals surface area contributed by atoms with Crippen LogP contribution in [0, 0.1) is 6.92 Å². The van der Waals surface area contributed by atoms with Crippen LogP contribution in [0.1, 0.15) is 49.0 Å². The Morgan fingerprint density at radius 2 is 1.76 bits per heavy atom. The van der Waals surface area contributed by atoms with Gasteiger partial charge in [0.25, 0.3) is 0 Å². The zero-order valence-corrected chi connectivity index (χ0v) is 22.5. The molecule has 1 heterocycles. The Kier molecular flexibility index (Phi) is 10.5. The number of aliphatic hydroxyl groups is 1. The van der Waals surface area contributed by atoms with Gasteiger partial charge in [-0.2, -0.15) is 18.3 Å². The fraction of sp³-hybridized carbons (Fsp3) is 0.440. The van der Waals surface area contributed by atoms with Crippen molar-refractivity contribution in [2.45, 2.75) is 51.5 Å². The molecule has 3 N–H and O–H groups in total. The molecule has 208 valence electrons. The van der Waals surface area contributed by atoms with Crippen molar-refractivity contribution in [2.24, 2.45) is 5.73 Å². The molecular formula is C25H29Cl2F3N4O4. The molecule has 2 aromatic carbocycles. The lowest BCUT2D eigenvalue weighted by Gasteiger charge is -2.27. The second-order valence-corrected chi connectivity index (χ2v) is 9.23. The third-order valence-electron chi connectivity index (χ3n) is 5.41. The molecule has 0 amide bonds. The van der Waals surface area contributed by atoms with Gasteiger partial charge in [-0.1, -0.05) is 53.5 Å². The van der Waals surface area contributed by atoms with Crippen molar-refractivity contribution in [3.63, 3.8) is 0 Å². The number of hydrogen-bond acceptors (Lipinski definition) is 7. The fourth-order valence-corrected chi connectivity index (χ4v) is 4.01. The molecule has 0 radical (unpaired) electrons. The Balaban J connectivity index is 1.92. The summed E-state index contributed by atoms with van der Waals surface area (Å²) in [5.74, 6) is 0.0435. The van der Waals surface area contributed by atoms with Gasteiger partial charge in [0.1, 0.15) is 11.9 Å². The number of benzene rings is 2. The van der Waals surface area contributed by atoms with Crippen molar-refractivity contribution in [1.82, 2.24) is 14.8 Å². The van der Waals surface area contributed by atoms with Gasteiger partial charge >= 0.3 is 6.18 Å². The zero-order valence-electron chi connectivity index (χ0n) is 21.0. The summed E-state index contributed by atoms with van der Waals surface area (Å²) in [7, 11) is 0. The van der Waals surface area contributed by atoms with Crippen LogP contribution in [0.25, 0.3) is 5.69 Å². The fourth-order valence-electron chi connectivity index (χ4n) is 3.69. The van der Waals surface area contributed by atoms with E-state index in [4.69, 9.17) is 43.1 Å². The summed E-state index contributed by atoms with van der Waals surface area (Å²) < 4.78 is 60.3. The van der Waals surface area contributed by atoms with Crippen LogP contribution in [-0.4, -0.2) is 51.8 Å². The first-order chi connectivity index (χ1) is 18.0. The molecular weight excluding hydrogens is 548 g/mol. The Bertz CT molecular complexity index is 1200. The van der Waals surface area contributed by atoms with Crippen molar-refractivity contribution >= 4 is 23.2 Å². The quantitative estimate of drug-likeness (QED) is 0.277. The van der Waals surface area contributed by atoms with Gasteiger partial charge in [0, 0.05) is 18.7 Å². The van der Waals surface area contributed by atoms with Crippen molar-refractivity contribution in [1.29, 1.82) is 0 Å². The van der Waals surface area contributed by atoms with Crippen LogP contribution in [0.15, 0.2) is 42.5 Å². The number of nitrogens with zero attached hydrogens (tertiary/aromatic N) is 3. The first kappa shape index (κ1) is 30.3.